The van der Waals surface area contributed by atoms with E-state index in [0.717, 1.165) is 25.9 Å². The molecule has 7 heteroatoms. The zero-order valence-corrected chi connectivity index (χ0v) is 16.9. The molecule has 0 aromatic carbocycles. The Morgan fingerprint density at radius 2 is 2.00 bits per heavy atom. The number of nitrogens with one attached hydrogen (secondary N) is 1. The number of rotatable bonds is 6. The lowest BCUT2D eigenvalue weighted by atomic mass is 10.2. The van der Waals surface area contributed by atoms with Crippen molar-refractivity contribution in [3.8, 4) is 0 Å². The van der Waals surface area contributed by atoms with E-state index in [1.807, 2.05) is 0 Å². The van der Waals surface area contributed by atoms with Gasteiger partial charge in [0.05, 0.1) is 12.7 Å². The van der Waals surface area contributed by atoms with Gasteiger partial charge >= 0.3 is 6.03 Å². The molecule has 0 radical (unpaired) electrons. The van der Waals surface area contributed by atoms with E-state index in [2.05, 4.69) is 39.2 Å². The summed E-state index contributed by atoms with van der Waals surface area (Å²) in [5.41, 5.74) is 0. The van der Waals surface area contributed by atoms with Gasteiger partial charge in [0.15, 0.2) is 14.6 Å². The van der Waals surface area contributed by atoms with E-state index >= 15 is 0 Å². The van der Waals surface area contributed by atoms with E-state index in [9.17, 15) is 4.79 Å². The Balaban J connectivity index is 1.57. The van der Waals surface area contributed by atoms with Crippen LogP contribution in [0, 0.1) is 0 Å². The van der Waals surface area contributed by atoms with Crippen molar-refractivity contribution >= 4 is 14.3 Å². The summed E-state index contributed by atoms with van der Waals surface area (Å²) >= 11 is 0. The largest absolute Gasteiger partial charge is 0.410 e. The second-order valence-corrected chi connectivity index (χ2v) is 13.1. The zero-order valence-electron chi connectivity index (χ0n) is 15.9. The average Bonchev–Trinajstić information content (AvgIpc) is 2.46. The first-order chi connectivity index (χ1) is 11.2. The summed E-state index contributed by atoms with van der Waals surface area (Å²) in [4.78, 5) is 13.9. The SMILES string of the molecule is CC(C)(C)[Si](C)(C)OC1CN(C(=O)NCCOC2CCCCO2)C1. The molecule has 140 valence electrons. The fourth-order valence-electron chi connectivity index (χ4n) is 2.57. The fourth-order valence-corrected chi connectivity index (χ4v) is 3.91. The molecule has 2 fully saturated rings. The van der Waals surface area contributed by atoms with Crippen LogP contribution < -0.4 is 5.32 Å². The van der Waals surface area contributed by atoms with Gasteiger partial charge in [-0.3, -0.25) is 0 Å². The second kappa shape index (κ2) is 8.16. The third-order valence-corrected chi connectivity index (χ3v) is 9.76. The van der Waals surface area contributed by atoms with Crippen LogP contribution >= 0.6 is 0 Å². The van der Waals surface area contributed by atoms with Crippen LogP contribution in [0.15, 0.2) is 0 Å². The summed E-state index contributed by atoms with van der Waals surface area (Å²) in [7, 11) is -1.74. The monoisotopic (exact) mass is 358 g/mol. The van der Waals surface area contributed by atoms with Crippen LogP contribution in [-0.4, -0.2) is 64.5 Å². The summed E-state index contributed by atoms with van der Waals surface area (Å²) in [6, 6.07) is -0.0294. The van der Waals surface area contributed by atoms with Gasteiger partial charge in [-0.1, -0.05) is 20.8 Å². The van der Waals surface area contributed by atoms with Crippen molar-refractivity contribution < 1.29 is 18.7 Å². The van der Waals surface area contributed by atoms with Crippen LogP contribution in [-0.2, 0) is 13.9 Å². The van der Waals surface area contributed by atoms with Crippen molar-refractivity contribution in [2.45, 2.75) is 70.6 Å². The summed E-state index contributed by atoms with van der Waals surface area (Å²) in [5, 5.41) is 3.10. The normalized spacial score (nSPS) is 23.0. The Labute approximate surface area is 147 Å². The standard InChI is InChI=1S/C17H34N2O4Si/c1-17(2,3)24(4,5)23-14-12-19(13-14)16(20)18-9-11-22-15-8-6-7-10-21-15/h14-15H,6-13H2,1-5H3,(H,18,20). The van der Waals surface area contributed by atoms with E-state index < -0.39 is 8.32 Å². The van der Waals surface area contributed by atoms with E-state index in [1.54, 1.807) is 4.90 Å². The third-order valence-electron chi connectivity index (χ3n) is 5.22. The molecule has 0 aromatic heterocycles. The maximum Gasteiger partial charge on any atom is 0.317 e. The van der Waals surface area contributed by atoms with Crippen LogP contribution in [0.3, 0.4) is 0 Å². The molecule has 0 bridgehead atoms. The van der Waals surface area contributed by atoms with Crippen LogP contribution in [0.5, 0.6) is 0 Å². The van der Waals surface area contributed by atoms with Crippen molar-refractivity contribution in [1.29, 1.82) is 0 Å². The molecule has 24 heavy (non-hydrogen) atoms. The summed E-state index contributed by atoms with van der Waals surface area (Å²) in [6.07, 6.45) is 3.31. The Hall–Kier alpha value is -0.633. The molecule has 0 aliphatic carbocycles. The average molecular weight is 359 g/mol. The molecule has 2 saturated heterocycles. The van der Waals surface area contributed by atoms with Gasteiger partial charge in [0.25, 0.3) is 0 Å². The van der Waals surface area contributed by atoms with Crippen molar-refractivity contribution in [2.75, 3.05) is 32.8 Å². The highest BCUT2D eigenvalue weighted by Crippen LogP contribution is 2.38. The predicted octanol–water partition coefficient (Wildman–Crippen LogP) is 2.95. The minimum Gasteiger partial charge on any atom is -0.410 e. The van der Waals surface area contributed by atoms with Crippen molar-refractivity contribution in [3.63, 3.8) is 0 Å². The molecule has 2 aliphatic heterocycles. The van der Waals surface area contributed by atoms with Crippen LogP contribution in [0.2, 0.25) is 18.1 Å². The third kappa shape index (κ3) is 5.44. The predicted molar refractivity (Wildman–Crippen MR) is 96.6 cm³/mol. The smallest absolute Gasteiger partial charge is 0.317 e. The highest BCUT2D eigenvalue weighted by Gasteiger charge is 2.42. The highest BCUT2D eigenvalue weighted by atomic mass is 28.4. The number of likely N-dealkylation sites (tertiary alicyclic amines) is 1. The molecule has 0 aromatic rings. The number of amides is 2. The van der Waals surface area contributed by atoms with Gasteiger partial charge in [-0.25, -0.2) is 4.79 Å². The Morgan fingerprint density at radius 3 is 2.58 bits per heavy atom. The Kier molecular flexibility index (Phi) is 6.70. The summed E-state index contributed by atoms with van der Waals surface area (Å²) in [5.74, 6) is 0. The summed E-state index contributed by atoms with van der Waals surface area (Å²) < 4.78 is 17.4. The number of carbonyl (C=O) groups excluding carboxylic acids is 1. The van der Waals surface area contributed by atoms with Gasteiger partial charge in [0.2, 0.25) is 0 Å². The van der Waals surface area contributed by atoms with Gasteiger partial charge in [-0.05, 0) is 37.4 Å². The van der Waals surface area contributed by atoms with E-state index in [1.165, 1.54) is 0 Å². The molecular formula is C17H34N2O4Si. The number of nitrogens with zero attached hydrogens (tertiary/aromatic N) is 1. The van der Waals surface area contributed by atoms with Gasteiger partial charge in [-0.2, -0.15) is 0 Å². The van der Waals surface area contributed by atoms with Crippen LogP contribution in [0.4, 0.5) is 4.79 Å². The fraction of sp³-hybridized carbons (Fsp3) is 0.941. The van der Waals surface area contributed by atoms with Gasteiger partial charge in [0, 0.05) is 26.2 Å². The van der Waals surface area contributed by atoms with Crippen molar-refractivity contribution in [3.05, 3.63) is 0 Å². The van der Waals surface area contributed by atoms with Crippen molar-refractivity contribution in [1.82, 2.24) is 10.2 Å². The van der Waals surface area contributed by atoms with Crippen LogP contribution in [0.25, 0.3) is 0 Å². The number of hydrogen-bond donors (Lipinski definition) is 1. The van der Waals surface area contributed by atoms with Gasteiger partial charge in [0.1, 0.15) is 0 Å². The minimum atomic E-state index is -1.74. The zero-order chi connectivity index (χ0) is 17.8. The minimum absolute atomic E-state index is 0.0294. The van der Waals surface area contributed by atoms with Gasteiger partial charge in [-0.15, -0.1) is 0 Å². The molecule has 0 saturated carbocycles. The molecule has 6 nitrogen and oxygen atoms in total. The number of hydrogen-bond acceptors (Lipinski definition) is 4. The quantitative estimate of drug-likeness (QED) is 0.586. The molecule has 2 rings (SSSR count). The molecule has 2 aliphatic rings. The first-order valence-electron chi connectivity index (χ1n) is 9.13. The van der Waals surface area contributed by atoms with E-state index in [-0.39, 0.29) is 23.5 Å². The maximum atomic E-state index is 12.1. The number of urea groups is 1. The highest BCUT2D eigenvalue weighted by molar-refractivity contribution is 6.74. The molecule has 1 N–H and O–H groups in total. The first kappa shape index (κ1) is 19.7. The van der Waals surface area contributed by atoms with Crippen LogP contribution in [0.1, 0.15) is 40.0 Å². The Bertz CT molecular complexity index is 413. The maximum absolute atomic E-state index is 12.1. The molecule has 2 amide bonds. The molecule has 2 heterocycles. The number of ether oxygens (including phenoxy) is 2. The lowest BCUT2D eigenvalue weighted by Gasteiger charge is -2.46. The summed E-state index contributed by atoms with van der Waals surface area (Å²) in [6.45, 7) is 14.4. The lowest BCUT2D eigenvalue weighted by molar-refractivity contribution is -0.161. The molecule has 0 spiro atoms. The molecule has 1 unspecified atom stereocenters. The number of carbonyl (C=O) groups is 1. The van der Waals surface area contributed by atoms with E-state index in [4.69, 9.17) is 13.9 Å². The second-order valence-electron chi connectivity index (χ2n) is 8.30. The van der Waals surface area contributed by atoms with Crippen molar-refractivity contribution in [2.24, 2.45) is 0 Å². The Morgan fingerprint density at radius 1 is 1.29 bits per heavy atom. The first-order valence-corrected chi connectivity index (χ1v) is 12.0. The molecular weight excluding hydrogens is 324 g/mol. The molecule has 1 atom stereocenters. The van der Waals surface area contributed by atoms with E-state index in [0.29, 0.717) is 26.2 Å². The lowest BCUT2D eigenvalue weighted by Crippen LogP contribution is -2.61. The van der Waals surface area contributed by atoms with Gasteiger partial charge < -0.3 is 24.1 Å². The topological polar surface area (TPSA) is 60.0 Å².